The fourth-order valence-corrected chi connectivity index (χ4v) is 1.86. The van der Waals surface area contributed by atoms with Crippen LogP contribution in [0.3, 0.4) is 0 Å². The third kappa shape index (κ3) is 6.96. The maximum absolute atomic E-state index is 11.2. The molecule has 0 spiro atoms. The first-order chi connectivity index (χ1) is 12.7. The molecule has 0 aliphatic heterocycles. The number of rotatable bonds is 0. The highest BCUT2D eigenvalue weighted by atomic mass is 16.2. The summed E-state index contributed by atoms with van der Waals surface area (Å²) in [6, 6.07) is 1.71. The number of hydrogen-bond acceptors (Lipinski definition) is 5. The zero-order chi connectivity index (χ0) is 21.1. The molecule has 0 saturated heterocycles. The number of nitrogens with zero attached hydrogens (tertiary/aromatic N) is 3. The highest BCUT2D eigenvalue weighted by Crippen LogP contribution is 2.06. The maximum atomic E-state index is 11.2. The quantitative estimate of drug-likeness (QED) is 0.547. The van der Waals surface area contributed by atoms with Crippen LogP contribution in [0, 0.1) is 6.92 Å². The molecule has 9 nitrogen and oxygen atoms in total. The zero-order valence-corrected chi connectivity index (χ0v) is 17.1. The van der Waals surface area contributed by atoms with E-state index in [-0.39, 0.29) is 22.8 Å². The van der Waals surface area contributed by atoms with Crippen LogP contribution in [0.4, 0.5) is 5.95 Å². The van der Waals surface area contributed by atoms with Crippen molar-refractivity contribution in [3.8, 4) is 0 Å². The molecule has 0 unspecified atom stereocenters. The van der Waals surface area contributed by atoms with E-state index in [1.54, 1.807) is 30.8 Å². The average Bonchev–Trinajstić information content (AvgIpc) is 2.98. The summed E-state index contributed by atoms with van der Waals surface area (Å²) in [5.41, 5.74) is 5.63. The molecule has 3 aromatic rings. The predicted octanol–water partition coefficient (Wildman–Crippen LogP) is 1.67. The Kier molecular flexibility index (Phi) is 10.2. The van der Waals surface area contributed by atoms with Gasteiger partial charge in [0.05, 0.1) is 5.39 Å². The number of aromatic nitrogens is 5. The number of nitrogens with two attached hydrogens (primary N) is 1. The predicted molar refractivity (Wildman–Crippen MR) is 110 cm³/mol. The Morgan fingerprint density at radius 1 is 1.04 bits per heavy atom. The largest absolute Gasteiger partial charge is 0.369 e. The molecule has 4 N–H and O–H groups in total. The van der Waals surface area contributed by atoms with E-state index >= 15 is 0 Å². The molecule has 0 saturated carbocycles. The third-order valence-corrected chi connectivity index (χ3v) is 3.04. The molecule has 27 heavy (non-hydrogen) atoms. The molecule has 0 aromatic carbocycles. The van der Waals surface area contributed by atoms with Crippen LogP contribution in [0.1, 0.15) is 39.7 Å². The summed E-state index contributed by atoms with van der Waals surface area (Å²) < 4.78 is 3.08. The molecule has 0 aliphatic rings. The molecule has 0 amide bonds. The summed E-state index contributed by atoms with van der Waals surface area (Å²) in [6.07, 6.45) is 4.52. The van der Waals surface area contributed by atoms with E-state index in [2.05, 4.69) is 28.8 Å². The molecule has 0 bridgehead atoms. The lowest BCUT2D eigenvalue weighted by atomic mass is 10.4. The Balaban J connectivity index is 0.000000410. The number of hydrogen-bond donors (Lipinski definition) is 3. The fourth-order valence-electron chi connectivity index (χ4n) is 1.86. The van der Waals surface area contributed by atoms with Crippen LogP contribution >= 0.6 is 0 Å². The normalized spacial score (nSPS) is 9.30. The lowest BCUT2D eigenvalue weighted by Gasteiger charge is -1.95. The lowest BCUT2D eigenvalue weighted by molar-refractivity contribution is 0.789. The summed E-state index contributed by atoms with van der Waals surface area (Å²) in [5.74, 6) is 0.148. The van der Waals surface area contributed by atoms with Gasteiger partial charge in [0.15, 0.2) is 0 Å². The number of fused-ring (bicyclic) bond motifs is 1. The first-order valence-corrected chi connectivity index (χ1v) is 8.78. The van der Waals surface area contributed by atoms with Gasteiger partial charge in [-0.15, -0.1) is 0 Å². The van der Waals surface area contributed by atoms with Crippen LogP contribution in [-0.2, 0) is 14.1 Å². The molecule has 0 atom stereocenters. The van der Waals surface area contributed by atoms with E-state index in [0.29, 0.717) is 16.6 Å². The molecule has 0 radical (unpaired) electrons. The lowest BCUT2D eigenvalue weighted by Crippen LogP contribution is -2.28. The third-order valence-electron chi connectivity index (χ3n) is 3.04. The molecular formula is C18H30N6O3. The maximum Gasteiger partial charge on any atom is 0.328 e. The first-order valence-electron chi connectivity index (χ1n) is 8.78. The molecule has 150 valence electrons. The van der Waals surface area contributed by atoms with Crippen LogP contribution in [0.25, 0.3) is 11.0 Å². The first kappa shape index (κ1) is 23.9. The standard InChI is InChI=1S/C7H8N4O.C6H8N2O2.C3H8.C2H6/c1-11-3-2-4-5(11)9-7(8)10-6(4)12;1-4-3-8(2)6(10)7-5(4)9;1-3-2;1-2/h2-3H,1H3,(H3,8,9,10,12);3H,1-2H3,(H,7,9,10);3H2,1-2H3;1-2H3. The highest BCUT2D eigenvalue weighted by Gasteiger charge is 2.03. The van der Waals surface area contributed by atoms with Crippen molar-refractivity contribution in [2.75, 3.05) is 5.73 Å². The zero-order valence-electron chi connectivity index (χ0n) is 17.1. The van der Waals surface area contributed by atoms with Gasteiger partial charge in [0.2, 0.25) is 5.95 Å². The Morgan fingerprint density at radius 2 is 1.59 bits per heavy atom. The molecule has 9 heteroatoms. The van der Waals surface area contributed by atoms with Gasteiger partial charge in [-0.1, -0.05) is 34.1 Å². The van der Waals surface area contributed by atoms with Gasteiger partial charge in [-0.05, 0) is 13.0 Å². The number of nitrogens with one attached hydrogen (secondary N) is 2. The molecular weight excluding hydrogens is 348 g/mol. The van der Waals surface area contributed by atoms with E-state index in [0.717, 1.165) is 0 Å². The second-order valence-corrected chi connectivity index (χ2v) is 5.50. The minimum atomic E-state index is -0.379. The Morgan fingerprint density at radius 3 is 2.11 bits per heavy atom. The molecule has 3 aromatic heterocycles. The van der Waals surface area contributed by atoms with Gasteiger partial charge in [-0.25, -0.2) is 4.79 Å². The van der Waals surface area contributed by atoms with Crippen molar-refractivity contribution < 1.29 is 0 Å². The van der Waals surface area contributed by atoms with Crippen molar-refractivity contribution >= 4 is 17.0 Å². The number of aryl methyl sites for hydroxylation is 3. The Hall–Kier alpha value is -3.10. The van der Waals surface area contributed by atoms with Crippen molar-refractivity contribution in [1.82, 2.24) is 24.1 Å². The second kappa shape index (κ2) is 11.5. The monoisotopic (exact) mass is 378 g/mol. The van der Waals surface area contributed by atoms with E-state index in [1.807, 2.05) is 20.9 Å². The Bertz CT molecular complexity index is 979. The number of nitrogen functional groups attached to an aromatic ring is 1. The van der Waals surface area contributed by atoms with E-state index < -0.39 is 0 Å². The van der Waals surface area contributed by atoms with Gasteiger partial charge in [0, 0.05) is 32.1 Å². The molecule has 0 aliphatic carbocycles. The van der Waals surface area contributed by atoms with Crippen molar-refractivity contribution in [2.45, 2.75) is 41.0 Å². The second-order valence-electron chi connectivity index (χ2n) is 5.50. The van der Waals surface area contributed by atoms with Gasteiger partial charge < -0.3 is 14.9 Å². The van der Waals surface area contributed by atoms with Crippen LogP contribution in [0.15, 0.2) is 32.8 Å². The fraction of sp³-hybridized carbons (Fsp3) is 0.444. The van der Waals surface area contributed by atoms with Gasteiger partial charge in [-0.3, -0.25) is 19.6 Å². The van der Waals surface area contributed by atoms with Crippen LogP contribution < -0.4 is 22.5 Å². The summed E-state index contributed by atoms with van der Waals surface area (Å²) in [6.45, 7) is 9.90. The van der Waals surface area contributed by atoms with Gasteiger partial charge in [0.25, 0.3) is 11.1 Å². The Labute approximate surface area is 157 Å². The van der Waals surface area contributed by atoms with Gasteiger partial charge in [-0.2, -0.15) is 4.98 Å². The number of H-pyrrole nitrogens is 2. The van der Waals surface area contributed by atoms with Crippen LogP contribution in [0.5, 0.6) is 0 Å². The number of anilines is 1. The summed E-state index contributed by atoms with van der Waals surface area (Å²) in [7, 11) is 3.40. The summed E-state index contributed by atoms with van der Waals surface area (Å²) >= 11 is 0. The number of aromatic amines is 2. The minimum absolute atomic E-state index is 0.148. The highest BCUT2D eigenvalue weighted by molar-refractivity contribution is 5.75. The summed E-state index contributed by atoms with van der Waals surface area (Å²) in [4.78, 5) is 41.2. The van der Waals surface area contributed by atoms with Crippen LogP contribution in [-0.4, -0.2) is 24.1 Å². The molecule has 0 fully saturated rings. The van der Waals surface area contributed by atoms with E-state index in [4.69, 9.17) is 5.73 Å². The summed E-state index contributed by atoms with van der Waals surface area (Å²) in [5, 5.41) is 0.562. The van der Waals surface area contributed by atoms with E-state index in [1.165, 1.54) is 17.2 Å². The smallest absolute Gasteiger partial charge is 0.328 e. The van der Waals surface area contributed by atoms with Crippen molar-refractivity contribution in [2.24, 2.45) is 14.1 Å². The van der Waals surface area contributed by atoms with Crippen molar-refractivity contribution in [3.63, 3.8) is 0 Å². The van der Waals surface area contributed by atoms with Crippen molar-refractivity contribution in [1.29, 1.82) is 0 Å². The minimum Gasteiger partial charge on any atom is -0.369 e. The molecule has 3 heterocycles. The SMILES string of the molecule is CC.CCC.Cc1cn(C)c(=O)[nH]c1=O.Cn1ccc2c(=O)[nH]c(N)nc21. The van der Waals surface area contributed by atoms with Gasteiger partial charge >= 0.3 is 5.69 Å². The van der Waals surface area contributed by atoms with E-state index in [9.17, 15) is 14.4 Å². The van der Waals surface area contributed by atoms with Gasteiger partial charge in [0.1, 0.15) is 5.65 Å². The topological polar surface area (TPSA) is 132 Å². The van der Waals surface area contributed by atoms with Crippen LogP contribution in [0.2, 0.25) is 0 Å². The molecule has 3 rings (SSSR count). The average molecular weight is 378 g/mol. The van der Waals surface area contributed by atoms with Crippen molar-refractivity contribution in [3.05, 3.63) is 55.2 Å².